The van der Waals surface area contributed by atoms with E-state index in [0.29, 0.717) is 5.49 Å². The first kappa shape index (κ1) is 20.4. The fraction of sp³-hybridized carbons (Fsp3) is 0. The van der Waals surface area contributed by atoms with Crippen LogP contribution in [0.1, 0.15) is 11.4 Å². The SMILES string of the molecule is C=Cc1nsc2cccc(N=c3cnc4c(Nc5cccc6snc(C=C)c56)[nH]cc4cn3)c12. The topological polar surface area (TPSA) is 91.7 Å². The second-order valence-electron chi connectivity index (χ2n) is 7.45. The van der Waals surface area contributed by atoms with Crippen LogP contribution in [-0.4, -0.2) is 23.7 Å². The molecule has 34 heavy (non-hydrogen) atoms. The molecule has 9 heteroatoms. The molecule has 7 nitrogen and oxygen atoms in total. The summed E-state index contributed by atoms with van der Waals surface area (Å²) in [5, 5.41) is 6.35. The molecule has 6 rings (SSSR count). The maximum atomic E-state index is 4.76. The monoisotopic (exact) mass is 479 g/mol. The summed E-state index contributed by atoms with van der Waals surface area (Å²) in [7, 11) is 0. The highest BCUT2D eigenvalue weighted by Gasteiger charge is 2.12. The summed E-state index contributed by atoms with van der Waals surface area (Å²) in [5.74, 6) is 0.769. The number of nitrogens with zero attached hydrogens (tertiary/aromatic N) is 5. The van der Waals surface area contributed by atoms with E-state index < -0.39 is 0 Å². The second kappa shape index (κ2) is 8.29. The summed E-state index contributed by atoms with van der Waals surface area (Å²) in [5.41, 5.74) is 4.68. The molecule has 0 saturated heterocycles. The van der Waals surface area contributed by atoms with Crippen LogP contribution in [-0.2, 0) is 0 Å². The molecule has 0 aliphatic heterocycles. The Morgan fingerprint density at radius 3 is 2.41 bits per heavy atom. The highest BCUT2D eigenvalue weighted by atomic mass is 32.1. The zero-order valence-electron chi connectivity index (χ0n) is 17.8. The molecule has 0 bridgehead atoms. The molecule has 4 aromatic heterocycles. The summed E-state index contributed by atoms with van der Waals surface area (Å²) in [6, 6.07) is 12.0. The molecule has 0 aliphatic carbocycles. The smallest absolute Gasteiger partial charge is 0.171 e. The number of fused-ring (bicyclic) bond motifs is 3. The zero-order chi connectivity index (χ0) is 23.1. The summed E-state index contributed by atoms with van der Waals surface area (Å²) in [6.45, 7) is 7.76. The molecule has 0 atom stereocenters. The van der Waals surface area contributed by atoms with Gasteiger partial charge in [0.2, 0.25) is 0 Å². The van der Waals surface area contributed by atoms with Crippen molar-refractivity contribution in [1.82, 2.24) is 23.7 Å². The van der Waals surface area contributed by atoms with Crippen molar-refractivity contribution in [2.75, 3.05) is 5.32 Å². The number of rotatable bonds is 5. The fourth-order valence-electron chi connectivity index (χ4n) is 3.86. The molecule has 6 aromatic rings. The first-order valence-electron chi connectivity index (χ1n) is 10.4. The van der Waals surface area contributed by atoms with Crippen LogP contribution in [0.5, 0.6) is 0 Å². The predicted octanol–water partition coefficient (Wildman–Crippen LogP) is 6.44. The van der Waals surface area contributed by atoms with Crippen molar-refractivity contribution >= 4 is 83.5 Å². The molecule has 0 aliphatic rings. The maximum absolute atomic E-state index is 4.76. The van der Waals surface area contributed by atoms with E-state index in [-0.39, 0.29) is 0 Å². The Bertz CT molecular complexity index is 1790. The molecule has 0 radical (unpaired) electrons. The Morgan fingerprint density at radius 1 is 0.882 bits per heavy atom. The Labute approximate surface area is 202 Å². The van der Waals surface area contributed by atoms with Crippen LogP contribution in [0.15, 0.2) is 73.1 Å². The van der Waals surface area contributed by atoms with E-state index in [1.807, 2.05) is 36.5 Å². The van der Waals surface area contributed by atoms with Gasteiger partial charge in [-0.15, -0.1) is 0 Å². The molecule has 0 fully saturated rings. The highest BCUT2D eigenvalue weighted by Crippen LogP contribution is 2.34. The van der Waals surface area contributed by atoms with Crippen LogP contribution in [0.4, 0.5) is 17.2 Å². The van der Waals surface area contributed by atoms with Gasteiger partial charge in [0, 0.05) is 28.6 Å². The third kappa shape index (κ3) is 3.38. The summed E-state index contributed by atoms with van der Waals surface area (Å²) in [4.78, 5) is 17.3. The molecule has 2 N–H and O–H groups in total. The number of nitrogens with one attached hydrogen (secondary N) is 2. The summed E-state index contributed by atoms with van der Waals surface area (Å²) in [6.07, 6.45) is 8.84. The average molecular weight is 480 g/mol. The number of hydrogen-bond donors (Lipinski definition) is 2. The van der Waals surface area contributed by atoms with Crippen LogP contribution >= 0.6 is 23.1 Å². The lowest BCUT2D eigenvalue weighted by molar-refractivity contribution is 1.15. The summed E-state index contributed by atoms with van der Waals surface area (Å²) < 4.78 is 11.1. The van der Waals surface area contributed by atoms with Gasteiger partial charge < -0.3 is 10.3 Å². The van der Waals surface area contributed by atoms with E-state index in [9.17, 15) is 0 Å². The molecular weight excluding hydrogens is 462 g/mol. The predicted molar refractivity (Wildman–Crippen MR) is 142 cm³/mol. The molecule has 164 valence electrons. The van der Waals surface area contributed by atoms with Gasteiger partial charge in [0.1, 0.15) is 11.3 Å². The van der Waals surface area contributed by atoms with Crippen LogP contribution in [0.25, 0.3) is 43.2 Å². The number of benzene rings is 2. The highest BCUT2D eigenvalue weighted by molar-refractivity contribution is 7.13. The normalized spacial score (nSPS) is 11.9. The molecule has 0 amide bonds. The van der Waals surface area contributed by atoms with Crippen LogP contribution in [0.3, 0.4) is 0 Å². The van der Waals surface area contributed by atoms with Crippen LogP contribution in [0, 0.1) is 0 Å². The van der Waals surface area contributed by atoms with Gasteiger partial charge in [-0.3, -0.25) is 0 Å². The van der Waals surface area contributed by atoms with Gasteiger partial charge in [-0.25, -0.2) is 15.0 Å². The Balaban J connectivity index is 1.45. The zero-order valence-corrected chi connectivity index (χ0v) is 19.5. The minimum absolute atomic E-state index is 0.508. The number of hydrogen-bond acceptors (Lipinski definition) is 8. The van der Waals surface area contributed by atoms with E-state index in [4.69, 9.17) is 9.98 Å². The average Bonchev–Trinajstić information content (AvgIpc) is 3.55. The standard InChI is InChI=1S/C25H17N7S2/c1-3-15-22-17(7-5-9-19(22)33-31-15)29-21-13-27-24-14(11-26-21)12-28-25(24)30-18-8-6-10-20-23(18)16(4-2)32-34-20/h3-13,28,30H,1-2H2. The van der Waals surface area contributed by atoms with Gasteiger partial charge in [0.15, 0.2) is 5.49 Å². The number of aromatic nitrogens is 5. The molecule has 2 aromatic carbocycles. The van der Waals surface area contributed by atoms with Crippen molar-refractivity contribution < 1.29 is 0 Å². The van der Waals surface area contributed by atoms with Crippen molar-refractivity contribution in [2.24, 2.45) is 4.99 Å². The quantitative estimate of drug-likeness (QED) is 0.297. The number of anilines is 2. The third-order valence-electron chi connectivity index (χ3n) is 5.44. The first-order valence-corrected chi connectivity index (χ1v) is 12.0. The lowest BCUT2D eigenvalue weighted by Crippen LogP contribution is -2.02. The largest absolute Gasteiger partial charge is 0.346 e. The maximum Gasteiger partial charge on any atom is 0.171 e. The van der Waals surface area contributed by atoms with Gasteiger partial charge in [-0.05, 0) is 59.5 Å². The lowest BCUT2D eigenvalue weighted by atomic mass is 10.2. The molecule has 0 unspecified atom stereocenters. The second-order valence-corrected chi connectivity index (χ2v) is 9.06. The van der Waals surface area contributed by atoms with E-state index in [2.05, 4.69) is 43.3 Å². The Hall–Kier alpha value is -4.21. The molecular formula is C25H17N7S2. The van der Waals surface area contributed by atoms with Crippen molar-refractivity contribution in [3.8, 4) is 0 Å². The third-order valence-corrected chi connectivity index (χ3v) is 7.09. The van der Waals surface area contributed by atoms with Gasteiger partial charge in [-0.1, -0.05) is 25.3 Å². The number of aromatic amines is 1. The van der Waals surface area contributed by atoms with E-state index in [1.54, 1.807) is 24.5 Å². The minimum atomic E-state index is 0.508. The Kier molecular flexibility index (Phi) is 4.97. The fourth-order valence-corrected chi connectivity index (χ4v) is 5.47. The van der Waals surface area contributed by atoms with Gasteiger partial charge >= 0.3 is 0 Å². The molecule has 0 saturated carbocycles. The van der Waals surface area contributed by atoms with Crippen molar-refractivity contribution in [1.29, 1.82) is 0 Å². The molecule has 4 heterocycles. The van der Waals surface area contributed by atoms with E-state index in [0.717, 1.165) is 59.7 Å². The Morgan fingerprint density at radius 2 is 1.62 bits per heavy atom. The molecule has 0 spiro atoms. The first-order chi connectivity index (χ1) is 16.7. The summed E-state index contributed by atoms with van der Waals surface area (Å²) >= 11 is 2.89. The lowest BCUT2D eigenvalue weighted by Gasteiger charge is -2.06. The van der Waals surface area contributed by atoms with Crippen molar-refractivity contribution in [3.05, 3.63) is 85.0 Å². The van der Waals surface area contributed by atoms with Gasteiger partial charge in [0.25, 0.3) is 0 Å². The van der Waals surface area contributed by atoms with E-state index in [1.165, 1.54) is 23.1 Å². The van der Waals surface area contributed by atoms with Gasteiger partial charge in [0.05, 0.1) is 38.4 Å². The van der Waals surface area contributed by atoms with Gasteiger partial charge in [-0.2, -0.15) is 8.75 Å². The van der Waals surface area contributed by atoms with Crippen LogP contribution in [0.2, 0.25) is 0 Å². The van der Waals surface area contributed by atoms with Crippen LogP contribution < -0.4 is 10.8 Å². The van der Waals surface area contributed by atoms with Crippen molar-refractivity contribution in [2.45, 2.75) is 0 Å². The minimum Gasteiger partial charge on any atom is -0.346 e. The van der Waals surface area contributed by atoms with E-state index >= 15 is 0 Å². The number of H-pyrrole nitrogens is 1. The van der Waals surface area contributed by atoms with Crippen molar-refractivity contribution in [3.63, 3.8) is 0 Å².